The van der Waals surface area contributed by atoms with E-state index < -0.39 is 11.5 Å². The van der Waals surface area contributed by atoms with Gasteiger partial charge in [-0.2, -0.15) is 5.10 Å². The lowest BCUT2D eigenvalue weighted by Crippen LogP contribution is -2.35. The van der Waals surface area contributed by atoms with Crippen LogP contribution in [0.25, 0.3) is 0 Å². The molecule has 118 valence electrons. The fourth-order valence-corrected chi connectivity index (χ4v) is 2.20. The van der Waals surface area contributed by atoms with E-state index in [1.54, 1.807) is 18.7 Å². The first-order valence-corrected chi connectivity index (χ1v) is 7.09. The molecule has 2 aromatic heterocycles. The Bertz CT molecular complexity index is 718. The number of aromatic amines is 1. The van der Waals surface area contributed by atoms with Gasteiger partial charge in [0.25, 0.3) is 11.5 Å². The number of nitrogens with zero attached hydrogens (tertiary/aromatic N) is 4. The van der Waals surface area contributed by atoms with E-state index in [1.807, 2.05) is 0 Å². The molecule has 0 aliphatic carbocycles. The predicted molar refractivity (Wildman–Crippen MR) is 80.3 cm³/mol. The summed E-state index contributed by atoms with van der Waals surface area (Å²) in [6.07, 6.45) is 3.41. The van der Waals surface area contributed by atoms with Gasteiger partial charge < -0.3 is 10.3 Å². The second kappa shape index (κ2) is 6.50. The quantitative estimate of drug-likeness (QED) is 0.847. The molecule has 8 nitrogen and oxygen atoms in total. The van der Waals surface area contributed by atoms with Gasteiger partial charge >= 0.3 is 0 Å². The van der Waals surface area contributed by atoms with E-state index in [0.29, 0.717) is 24.0 Å². The minimum Gasteiger partial charge on any atom is -0.342 e. The predicted octanol–water partition coefficient (Wildman–Crippen LogP) is 0.724. The summed E-state index contributed by atoms with van der Waals surface area (Å²) in [7, 11) is 1.77. The monoisotopic (exact) mass is 304 g/mol. The molecule has 0 saturated heterocycles. The fourth-order valence-electron chi connectivity index (χ4n) is 2.20. The highest BCUT2D eigenvalue weighted by molar-refractivity contribution is 5.93. The molecule has 2 aromatic rings. The van der Waals surface area contributed by atoms with Gasteiger partial charge in [0.05, 0.1) is 6.04 Å². The van der Waals surface area contributed by atoms with E-state index in [1.165, 1.54) is 12.5 Å². The molecule has 0 radical (unpaired) electrons. The average Bonchev–Trinajstić information content (AvgIpc) is 2.83. The van der Waals surface area contributed by atoms with E-state index in [9.17, 15) is 9.59 Å². The second-order valence-electron chi connectivity index (χ2n) is 5.61. The normalized spacial score (nSPS) is 12.4. The van der Waals surface area contributed by atoms with Gasteiger partial charge in [-0.05, 0) is 19.3 Å². The van der Waals surface area contributed by atoms with Crippen LogP contribution in [0.1, 0.15) is 48.3 Å². The van der Waals surface area contributed by atoms with E-state index in [4.69, 9.17) is 0 Å². The summed E-state index contributed by atoms with van der Waals surface area (Å²) < 4.78 is 1.62. The van der Waals surface area contributed by atoms with Gasteiger partial charge in [0.15, 0.2) is 0 Å². The molecule has 0 unspecified atom stereocenters. The zero-order valence-corrected chi connectivity index (χ0v) is 13.1. The van der Waals surface area contributed by atoms with E-state index in [-0.39, 0.29) is 11.6 Å². The van der Waals surface area contributed by atoms with Crippen LogP contribution in [0, 0.1) is 12.8 Å². The topological polar surface area (TPSA) is 106 Å². The number of hydrogen-bond acceptors (Lipinski definition) is 5. The Morgan fingerprint density at radius 3 is 2.68 bits per heavy atom. The maximum Gasteiger partial charge on any atom is 0.263 e. The number of H-pyrrole nitrogens is 1. The third-order valence-electron chi connectivity index (χ3n) is 3.24. The third kappa shape index (κ3) is 3.57. The zero-order valence-electron chi connectivity index (χ0n) is 13.1. The molecule has 2 heterocycles. The Labute approximate surface area is 128 Å². The van der Waals surface area contributed by atoms with Crippen molar-refractivity contribution in [2.24, 2.45) is 13.0 Å². The fraction of sp³-hybridized carbons (Fsp3) is 0.500. The molecule has 0 aliphatic rings. The van der Waals surface area contributed by atoms with Crippen molar-refractivity contribution < 1.29 is 4.79 Å². The van der Waals surface area contributed by atoms with Crippen molar-refractivity contribution in [3.8, 4) is 0 Å². The largest absolute Gasteiger partial charge is 0.342 e. The summed E-state index contributed by atoms with van der Waals surface area (Å²) in [5, 5.41) is 6.87. The van der Waals surface area contributed by atoms with Gasteiger partial charge in [0.2, 0.25) is 0 Å². The Hall–Kier alpha value is -2.51. The van der Waals surface area contributed by atoms with Crippen molar-refractivity contribution in [2.75, 3.05) is 0 Å². The van der Waals surface area contributed by atoms with E-state index >= 15 is 0 Å². The standard InChI is InChI=1S/C14H20N6O2/c1-8(2)5-11(12-16-7-17-20(12)4)19-14(22)10-6-15-9(3)18-13(10)21/h6-8,11H,5H2,1-4H3,(H,19,22)(H,15,18,21)/t11-/m1/s1. The van der Waals surface area contributed by atoms with Crippen molar-refractivity contribution in [3.63, 3.8) is 0 Å². The van der Waals surface area contributed by atoms with Crippen LogP contribution in [-0.2, 0) is 7.05 Å². The molecule has 1 amide bonds. The molecule has 0 spiro atoms. The molecule has 0 aromatic carbocycles. The highest BCUT2D eigenvalue weighted by atomic mass is 16.2. The lowest BCUT2D eigenvalue weighted by molar-refractivity contribution is 0.0927. The summed E-state index contributed by atoms with van der Waals surface area (Å²) >= 11 is 0. The number of carbonyl (C=O) groups is 1. The summed E-state index contributed by atoms with van der Waals surface area (Å²) in [5.74, 6) is 0.992. The maximum absolute atomic E-state index is 12.3. The SMILES string of the molecule is Cc1ncc(C(=O)N[C@H](CC(C)C)c2ncnn2C)c(=O)[nH]1. The van der Waals surface area contributed by atoms with Crippen molar-refractivity contribution in [1.82, 2.24) is 30.0 Å². The highest BCUT2D eigenvalue weighted by Gasteiger charge is 2.22. The van der Waals surface area contributed by atoms with Crippen LogP contribution in [0.3, 0.4) is 0 Å². The van der Waals surface area contributed by atoms with Gasteiger partial charge in [-0.3, -0.25) is 14.3 Å². The molecular weight excluding hydrogens is 284 g/mol. The number of rotatable bonds is 5. The van der Waals surface area contributed by atoms with Crippen LogP contribution in [0.15, 0.2) is 17.3 Å². The van der Waals surface area contributed by atoms with Gasteiger partial charge in [-0.1, -0.05) is 13.8 Å². The maximum atomic E-state index is 12.3. The second-order valence-corrected chi connectivity index (χ2v) is 5.61. The Morgan fingerprint density at radius 2 is 2.14 bits per heavy atom. The highest BCUT2D eigenvalue weighted by Crippen LogP contribution is 2.19. The smallest absolute Gasteiger partial charge is 0.263 e. The molecule has 1 atom stereocenters. The number of hydrogen-bond donors (Lipinski definition) is 2. The van der Waals surface area contributed by atoms with Crippen LogP contribution in [0.5, 0.6) is 0 Å². The van der Waals surface area contributed by atoms with Crippen molar-refractivity contribution in [2.45, 2.75) is 33.2 Å². The van der Waals surface area contributed by atoms with Gasteiger partial charge in [0.1, 0.15) is 23.5 Å². The first-order chi connectivity index (χ1) is 10.4. The van der Waals surface area contributed by atoms with Crippen LogP contribution in [0.4, 0.5) is 0 Å². The number of aryl methyl sites for hydroxylation is 2. The van der Waals surface area contributed by atoms with E-state index in [2.05, 4.69) is 39.2 Å². The van der Waals surface area contributed by atoms with E-state index in [0.717, 1.165) is 0 Å². The number of amides is 1. The minimum atomic E-state index is -0.470. The summed E-state index contributed by atoms with van der Waals surface area (Å²) in [4.78, 5) is 34.9. The molecule has 0 aliphatic heterocycles. The zero-order chi connectivity index (χ0) is 16.3. The molecule has 2 N–H and O–H groups in total. The molecule has 2 rings (SSSR count). The Balaban J connectivity index is 2.25. The summed E-state index contributed by atoms with van der Waals surface area (Å²) in [6.45, 7) is 5.76. The van der Waals surface area contributed by atoms with Crippen molar-refractivity contribution in [3.05, 3.63) is 40.1 Å². The first kappa shape index (κ1) is 15.9. The molecule has 0 saturated carbocycles. The lowest BCUT2D eigenvalue weighted by atomic mass is 10.0. The van der Waals surface area contributed by atoms with Crippen molar-refractivity contribution >= 4 is 5.91 Å². The van der Waals surface area contributed by atoms with Crippen LogP contribution < -0.4 is 10.9 Å². The molecule has 0 bridgehead atoms. The molecule has 0 fully saturated rings. The number of aromatic nitrogens is 5. The first-order valence-electron chi connectivity index (χ1n) is 7.09. The van der Waals surface area contributed by atoms with Crippen LogP contribution >= 0.6 is 0 Å². The Kier molecular flexibility index (Phi) is 4.69. The van der Waals surface area contributed by atoms with Crippen molar-refractivity contribution in [1.29, 1.82) is 0 Å². The minimum absolute atomic E-state index is 0.0125. The van der Waals surface area contributed by atoms with Gasteiger partial charge in [0, 0.05) is 13.2 Å². The van der Waals surface area contributed by atoms with Gasteiger partial charge in [-0.25, -0.2) is 9.97 Å². The molecule has 22 heavy (non-hydrogen) atoms. The Morgan fingerprint density at radius 1 is 1.41 bits per heavy atom. The number of nitrogens with one attached hydrogen (secondary N) is 2. The van der Waals surface area contributed by atoms with Gasteiger partial charge in [-0.15, -0.1) is 0 Å². The summed E-state index contributed by atoms with van der Waals surface area (Å²) in [5.41, 5.74) is -0.465. The molecular formula is C14H20N6O2. The van der Waals surface area contributed by atoms with Crippen LogP contribution in [-0.4, -0.2) is 30.6 Å². The average molecular weight is 304 g/mol. The van der Waals surface area contributed by atoms with Crippen LogP contribution in [0.2, 0.25) is 0 Å². The third-order valence-corrected chi connectivity index (χ3v) is 3.24. The number of carbonyl (C=O) groups excluding carboxylic acids is 1. The lowest BCUT2D eigenvalue weighted by Gasteiger charge is -2.19. The summed E-state index contributed by atoms with van der Waals surface area (Å²) in [6, 6.07) is -0.319. The molecule has 8 heteroatoms.